The van der Waals surface area contributed by atoms with Gasteiger partial charge in [-0.2, -0.15) is 0 Å². The molecule has 0 bridgehead atoms. The first-order valence-electron chi connectivity index (χ1n) is 8.76. The van der Waals surface area contributed by atoms with Crippen molar-refractivity contribution in [1.82, 2.24) is 4.98 Å². The minimum Gasteiger partial charge on any atom is -0.492 e. The fourth-order valence-electron chi connectivity index (χ4n) is 3.51. The Kier molecular flexibility index (Phi) is 5.43. The van der Waals surface area contributed by atoms with Gasteiger partial charge in [0.25, 0.3) is 0 Å². The molecule has 3 aromatic rings. The molecule has 0 saturated carbocycles. The zero-order chi connectivity index (χ0) is 20.5. The number of rotatable bonds is 6. The van der Waals surface area contributed by atoms with Crippen LogP contribution in [-0.2, 0) is 17.1 Å². The highest BCUT2D eigenvalue weighted by molar-refractivity contribution is 7.98. The Bertz CT molecular complexity index is 1120. The molecule has 0 unspecified atom stereocenters. The number of hydrogen-bond donors (Lipinski definition) is 0. The third-order valence-electron chi connectivity index (χ3n) is 4.77. The van der Waals surface area contributed by atoms with Crippen LogP contribution in [0, 0.1) is 0 Å². The lowest BCUT2D eigenvalue weighted by Gasteiger charge is -2.19. The van der Waals surface area contributed by atoms with Gasteiger partial charge in [-0.3, -0.25) is 4.98 Å². The first kappa shape index (κ1) is 19.7. The molecule has 1 aliphatic rings. The molecule has 29 heavy (non-hydrogen) atoms. The van der Waals surface area contributed by atoms with Crippen molar-refractivity contribution in [2.75, 3.05) is 21.3 Å². The largest absolute Gasteiger partial charge is 0.492 e. The van der Waals surface area contributed by atoms with Crippen LogP contribution in [0.25, 0.3) is 10.9 Å². The number of benzene rings is 2. The Labute approximate surface area is 177 Å². The van der Waals surface area contributed by atoms with Crippen molar-refractivity contribution in [2.45, 2.75) is 17.3 Å². The molecule has 0 atom stereocenters. The van der Waals surface area contributed by atoms with Crippen molar-refractivity contribution in [3.05, 3.63) is 52.2 Å². The van der Waals surface area contributed by atoms with E-state index in [1.54, 1.807) is 32.2 Å². The number of fused-ring (bicyclic) bond motifs is 2. The molecule has 4 rings (SSSR count). The number of methoxy groups -OCH3 is 3. The number of ether oxygens (including phenoxy) is 4. The summed E-state index contributed by atoms with van der Waals surface area (Å²) in [6.07, 6.45) is 1.74. The summed E-state index contributed by atoms with van der Waals surface area (Å²) in [6, 6.07) is 7.54. The van der Waals surface area contributed by atoms with Gasteiger partial charge in [-0.1, -0.05) is 17.7 Å². The molecule has 0 spiro atoms. The fourth-order valence-corrected chi connectivity index (χ4v) is 4.73. The molecular formula is C21H18ClNO5S. The lowest BCUT2D eigenvalue weighted by molar-refractivity contribution is 0.0533. The molecule has 0 radical (unpaired) electrons. The number of hydrogen-bond acceptors (Lipinski definition) is 7. The molecule has 0 aliphatic carbocycles. The van der Waals surface area contributed by atoms with Crippen LogP contribution in [0.5, 0.6) is 17.2 Å². The van der Waals surface area contributed by atoms with Gasteiger partial charge in [0.15, 0.2) is 11.5 Å². The van der Waals surface area contributed by atoms with Gasteiger partial charge < -0.3 is 18.9 Å². The number of carbonyl (C=O) groups is 1. The normalized spacial score (nSPS) is 12.6. The van der Waals surface area contributed by atoms with E-state index in [0.29, 0.717) is 44.7 Å². The average Bonchev–Trinajstić information content (AvgIpc) is 3.11. The van der Waals surface area contributed by atoms with E-state index >= 15 is 0 Å². The zero-order valence-corrected chi connectivity index (χ0v) is 17.6. The topological polar surface area (TPSA) is 66.9 Å². The van der Waals surface area contributed by atoms with E-state index in [4.69, 9.17) is 30.5 Å². The number of carbonyl (C=O) groups excluding carboxylic acids is 1. The van der Waals surface area contributed by atoms with Crippen LogP contribution in [0.4, 0.5) is 0 Å². The summed E-state index contributed by atoms with van der Waals surface area (Å²) in [5.41, 5.74) is 2.68. The summed E-state index contributed by atoms with van der Waals surface area (Å²) in [6.45, 7) is 0.145. The maximum absolute atomic E-state index is 12.5. The van der Waals surface area contributed by atoms with Crippen molar-refractivity contribution < 1.29 is 23.7 Å². The predicted molar refractivity (Wildman–Crippen MR) is 112 cm³/mol. The van der Waals surface area contributed by atoms with Crippen LogP contribution in [0.3, 0.4) is 0 Å². The molecule has 150 valence electrons. The molecule has 0 fully saturated rings. The SMILES string of the molecule is COc1c2c(c(CSc3ccnc4cc(Cl)ccc34)c(OC)c1OC)C(=O)OC2. The standard InChI is InChI=1S/C21H18ClNO5S/c1-25-18-13-9-28-21(24)17(13)14(19(26-2)20(18)27-3)10-29-16-6-7-23-15-8-11(22)4-5-12(15)16/h4-8H,9-10H2,1-3H3. The average molecular weight is 432 g/mol. The quantitative estimate of drug-likeness (QED) is 0.407. The number of esters is 1. The van der Waals surface area contributed by atoms with Crippen molar-refractivity contribution in [1.29, 1.82) is 0 Å². The molecule has 6 nitrogen and oxygen atoms in total. The van der Waals surface area contributed by atoms with E-state index in [1.807, 2.05) is 24.3 Å². The van der Waals surface area contributed by atoms with Crippen molar-refractivity contribution in [3.8, 4) is 17.2 Å². The highest BCUT2D eigenvalue weighted by Crippen LogP contribution is 2.49. The third kappa shape index (κ3) is 3.34. The van der Waals surface area contributed by atoms with Gasteiger partial charge in [0, 0.05) is 32.8 Å². The summed E-state index contributed by atoms with van der Waals surface area (Å²) in [7, 11) is 4.62. The Morgan fingerprint density at radius 3 is 2.59 bits per heavy atom. The summed E-state index contributed by atoms with van der Waals surface area (Å²) in [5, 5.41) is 1.62. The summed E-state index contributed by atoms with van der Waals surface area (Å²) < 4.78 is 21.9. The molecule has 1 aliphatic heterocycles. The van der Waals surface area contributed by atoms with E-state index in [0.717, 1.165) is 15.8 Å². The maximum atomic E-state index is 12.5. The minimum absolute atomic E-state index is 0.145. The van der Waals surface area contributed by atoms with Crippen LogP contribution in [0.1, 0.15) is 21.5 Å². The Morgan fingerprint density at radius 1 is 1.10 bits per heavy atom. The second kappa shape index (κ2) is 8.00. The van der Waals surface area contributed by atoms with E-state index in [2.05, 4.69) is 4.98 Å². The van der Waals surface area contributed by atoms with Crippen molar-refractivity contribution in [3.63, 3.8) is 0 Å². The van der Waals surface area contributed by atoms with Gasteiger partial charge in [-0.25, -0.2) is 4.79 Å². The van der Waals surface area contributed by atoms with Crippen molar-refractivity contribution >= 4 is 40.2 Å². The molecule has 1 aromatic heterocycles. The summed E-state index contributed by atoms with van der Waals surface area (Å²) in [5.74, 6) is 1.47. The Balaban J connectivity index is 1.80. The zero-order valence-electron chi connectivity index (χ0n) is 16.1. The molecule has 2 aromatic carbocycles. The van der Waals surface area contributed by atoms with Crippen LogP contribution >= 0.6 is 23.4 Å². The fraction of sp³-hybridized carbons (Fsp3) is 0.238. The van der Waals surface area contributed by atoms with Gasteiger partial charge in [-0.15, -0.1) is 11.8 Å². The second-order valence-electron chi connectivity index (χ2n) is 6.27. The van der Waals surface area contributed by atoms with Crippen LogP contribution < -0.4 is 14.2 Å². The Morgan fingerprint density at radius 2 is 1.86 bits per heavy atom. The maximum Gasteiger partial charge on any atom is 0.339 e. The monoisotopic (exact) mass is 431 g/mol. The number of halogens is 1. The van der Waals surface area contributed by atoms with Crippen LogP contribution in [0.15, 0.2) is 35.4 Å². The molecule has 2 heterocycles. The Hall–Kier alpha value is -2.64. The van der Waals surface area contributed by atoms with E-state index < -0.39 is 0 Å². The molecule has 8 heteroatoms. The third-order valence-corrected chi connectivity index (χ3v) is 6.10. The second-order valence-corrected chi connectivity index (χ2v) is 7.72. The molecular weight excluding hydrogens is 414 g/mol. The summed E-state index contributed by atoms with van der Waals surface area (Å²) in [4.78, 5) is 17.9. The first-order chi connectivity index (χ1) is 14.1. The van der Waals surface area contributed by atoms with E-state index in [9.17, 15) is 4.79 Å². The van der Waals surface area contributed by atoms with Gasteiger partial charge in [0.2, 0.25) is 5.75 Å². The van der Waals surface area contributed by atoms with E-state index in [1.165, 1.54) is 7.11 Å². The molecule has 0 N–H and O–H groups in total. The van der Waals surface area contributed by atoms with Gasteiger partial charge >= 0.3 is 5.97 Å². The molecule has 0 amide bonds. The number of cyclic esters (lactones) is 1. The number of aromatic nitrogens is 1. The number of nitrogens with zero attached hydrogens (tertiary/aromatic N) is 1. The van der Waals surface area contributed by atoms with Crippen molar-refractivity contribution in [2.24, 2.45) is 0 Å². The van der Waals surface area contributed by atoms with Crippen LogP contribution in [0.2, 0.25) is 5.02 Å². The highest BCUT2D eigenvalue weighted by atomic mass is 35.5. The van der Waals surface area contributed by atoms with Gasteiger partial charge in [-0.05, 0) is 18.2 Å². The predicted octanol–water partition coefficient (Wildman–Crippen LogP) is 4.88. The number of pyridine rings is 1. The summed E-state index contributed by atoms with van der Waals surface area (Å²) >= 11 is 7.66. The van der Waals surface area contributed by atoms with E-state index in [-0.39, 0.29) is 12.6 Å². The highest BCUT2D eigenvalue weighted by Gasteiger charge is 2.35. The molecule has 0 saturated heterocycles. The smallest absolute Gasteiger partial charge is 0.339 e. The minimum atomic E-state index is -0.388. The lowest BCUT2D eigenvalue weighted by Crippen LogP contribution is -2.06. The number of thioether (sulfide) groups is 1. The van der Waals surface area contributed by atoms with Crippen LogP contribution in [-0.4, -0.2) is 32.3 Å². The first-order valence-corrected chi connectivity index (χ1v) is 10.1. The van der Waals surface area contributed by atoms with Gasteiger partial charge in [0.05, 0.1) is 38.0 Å². The lowest BCUT2D eigenvalue weighted by atomic mass is 10.0. The van der Waals surface area contributed by atoms with Gasteiger partial charge in [0.1, 0.15) is 6.61 Å².